The number of ether oxygens (including phenoxy) is 1. The Morgan fingerprint density at radius 3 is 2.44 bits per heavy atom. The molecule has 4 nitrogen and oxygen atoms in total. The molecule has 1 atom stereocenters. The third-order valence-corrected chi connectivity index (χ3v) is 6.19. The van der Waals surface area contributed by atoms with E-state index in [0.29, 0.717) is 15.8 Å². The average molecular weight is 422 g/mol. The fraction of sp³-hybridized carbons (Fsp3) is 0.300. The van der Waals surface area contributed by atoms with E-state index in [1.807, 2.05) is 48.9 Å². The molecule has 27 heavy (non-hydrogen) atoms. The van der Waals surface area contributed by atoms with E-state index in [4.69, 9.17) is 27.9 Å². The summed E-state index contributed by atoms with van der Waals surface area (Å²) in [5.74, 6) is 2.21. The second-order valence-electron chi connectivity index (χ2n) is 6.39. The van der Waals surface area contributed by atoms with Crippen molar-refractivity contribution in [3.63, 3.8) is 0 Å². The quantitative estimate of drug-likeness (QED) is 0.446. The van der Waals surface area contributed by atoms with Gasteiger partial charge in [0.2, 0.25) is 0 Å². The van der Waals surface area contributed by atoms with Gasteiger partial charge in [0.25, 0.3) is 0 Å². The molecule has 3 rings (SSSR count). The van der Waals surface area contributed by atoms with Gasteiger partial charge < -0.3 is 9.30 Å². The van der Waals surface area contributed by atoms with Gasteiger partial charge in [-0.2, -0.15) is 0 Å². The Kier molecular flexibility index (Phi) is 6.35. The molecule has 0 radical (unpaired) electrons. The largest absolute Gasteiger partial charge is 0.483 e. The maximum atomic E-state index is 6.24. The van der Waals surface area contributed by atoms with Crippen molar-refractivity contribution >= 4 is 35.0 Å². The number of hydrogen-bond donors (Lipinski definition) is 0. The molecule has 0 amide bonds. The van der Waals surface area contributed by atoms with Crippen LogP contribution in [-0.4, -0.2) is 14.8 Å². The molecule has 0 fully saturated rings. The number of benzene rings is 2. The van der Waals surface area contributed by atoms with Crippen molar-refractivity contribution in [1.29, 1.82) is 0 Å². The van der Waals surface area contributed by atoms with Crippen molar-refractivity contribution < 1.29 is 4.74 Å². The van der Waals surface area contributed by atoms with Crippen LogP contribution in [0.5, 0.6) is 5.75 Å². The van der Waals surface area contributed by atoms with Crippen molar-refractivity contribution in [2.24, 2.45) is 7.05 Å². The van der Waals surface area contributed by atoms with Gasteiger partial charge in [-0.3, -0.25) is 0 Å². The van der Waals surface area contributed by atoms with E-state index in [-0.39, 0.29) is 6.10 Å². The molecule has 0 saturated carbocycles. The van der Waals surface area contributed by atoms with Crippen LogP contribution in [0.2, 0.25) is 10.0 Å². The van der Waals surface area contributed by atoms with Gasteiger partial charge in [0.1, 0.15) is 5.75 Å². The van der Waals surface area contributed by atoms with Crippen molar-refractivity contribution in [3.05, 3.63) is 69.0 Å². The topological polar surface area (TPSA) is 39.9 Å². The van der Waals surface area contributed by atoms with Gasteiger partial charge in [0, 0.05) is 22.8 Å². The van der Waals surface area contributed by atoms with E-state index in [0.717, 1.165) is 22.3 Å². The minimum atomic E-state index is -0.220. The molecular formula is C20H21Cl2N3OS. The monoisotopic (exact) mass is 421 g/mol. The number of hydrogen-bond acceptors (Lipinski definition) is 4. The predicted octanol–water partition coefficient (Wildman–Crippen LogP) is 6.17. The van der Waals surface area contributed by atoms with E-state index >= 15 is 0 Å². The maximum absolute atomic E-state index is 6.24. The number of aryl methyl sites for hydroxylation is 2. The molecule has 2 aromatic carbocycles. The molecule has 142 valence electrons. The molecule has 3 aromatic rings. The van der Waals surface area contributed by atoms with Crippen LogP contribution in [0.3, 0.4) is 0 Å². The van der Waals surface area contributed by atoms with Crippen LogP contribution in [-0.2, 0) is 12.8 Å². The highest BCUT2D eigenvalue weighted by Crippen LogP contribution is 2.31. The number of thioether (sulfide) groups is 1. The lowest BCUT2D eigenvalue weighted by molar-refractivity contribution is 0.211. The summed E-state index contributed by atoms with van der Waals surface area (Å²) in [7, 11) is 1.94. The standard InChI is InChI=1S/C20H21Cl2N3OS/c1-12-8-9-15(10-13(12)2)26-14(3)19-23-24-20(25(19)4)27-11-16-17(21)6-5-7-18(16)22/h5-10,14H,11H2,1-4H3. The lowest BCUT2D eigenvalue weighted by Gasteiger charge is -2.15. The van der Waals surface area contributed by atoms with Crippen LogP contribution in [0.15, 0.2) is 41.6 Å². The van der Waals surface area contributed by atoms with Gasteiger partial charge in [0.15, 0.2) is 17.1 Å². The van der Waals surface area contributed by atoms with Gasteiger partial charge in [0.05, 0.1) is 0 Å². The van der Waals surface area contributed by atoms with Crippen molar-refractivity contribution in [2.45, 2.75) is 37.8 Å². The molecule has 7 heteroatoms. The van der Waals surface area contributed by atoms with Crippen molar-refractivity contribution in [3.8, 4) is 5.75 Å². The Bertz CT molecular complexity index is 938. The molecule has 1 heterocycles. The van der Waals surface area contributed by atoms with Gasteiger partial charge >= 0.3 is 0 Å². The Morgan fingerprint density at radius 1 is 1.07 bits per heavy atom. The van der Waals surface area contributed by atoms with Crippen LogP contribution >= 0.6 is 35.0 Å². The molecule has 1 aromatic heterocycles. The first-order chi connectivity index (χ1) is 12.9. The minimum absolute atomic E-state index is 0.220. The van der Waals surface area contributed by atoms with E-state index < -0.39 is 0 Å². The summed E-state index contributed by atoms with van der Waals surface area (Å²) in [4.78, 5) is 0. The number of nitrogens with zero attached hydrogens (tertiary/aromatic N) is 3. The Hall–Kier alpha value is -1.69. The molecule has 0 saturated heterocycles. The molecule has 0 aliphatic rings. The Labute approximate surface area is 173 Å². The van der Waals surface area contributed by atoms with Gasteiger partial charge in [-0.1, -0.05) is 47.1 Å². The van der Waals surface area contributed by atoms with Crippen LogP contribution < -0.4 is 4.74 Å². The number of aromatic nitrogens is 3. The lowest BCUT2D eigenvalue weighted by atomic mass is 10.1. The molecule has 0 spiro atoms. The third kappa shape index (κ3) is 4.60. The highest BCUT2D eigenvalue weighted by atomic mass is 35.5. The molecular weight excluding hydrogens is 401 g/mol. The summed E-state index contributed by atoms with van der Waals surface area (Å²) in [6.45, 7) is 6.13. The van der Waals surface area contributed by atoms with E-state index in [1.54, 1.807) is 11.8 Å². The van der Waals surface area contributed by atoms with Gasteiger partial charge in [-0.05, 0) is 61.7 Å². The fourth-order valence-corrected chi connectivity index (χ4v) is 4.32. The van der Waals surface area contributed by atoms with E-state index in [2.05, 4.69) is 30.1 Å². The molecule has 0 aliphatic carbocycles. The Morgan fingerprint density at radius 2 is 1.78 bits per heavy atom. The van der Waals surface area contributed by atoms with Gasteiger partial charge in [-0.25, -0.2) is 0 Å². The predicted molar refractivity (Wildman–Crippen MR) is 112 cm³/mol. The first-order valence-electron chi connectivity index (χ1n) is 8.55. The average Bonchev–Trinajstić information content (AvgIpc) is 2.98. The van der Waals surface area contributed by atoms with Crippen LogP contribution in [0, 0.1) is 13.8 Å². The molecule has 1 unspecified atom stereocenters. The molecule has 0 bridgehead atoms. The second kappa shape index (κ2) is 8.55. The molecule has 0 N–H and O–H groups in total. The summed E-state index contributed by atoms with van der Waals surface area (Å²) in [5.41, 5.74) is 3.34. The first-order valence-corrected chi connectivity index (χ1v) is 10.3. The summed E-state index contributed by atoms with van der Waals surface area (Å²) in [6, 6.07) is 11.6. The highest BCUT2D eigenvalue weighted by Gasteiger charge is 2.18. The van der Waals surface area contributed by atoms with Crippen LogP contribution in [0.1, 0.15) is 35.5 Å². The van der Waals surface area contributed by atoms with Crippen molar-refractivity contribution in [1.82, 2.24) is 14.8 Å². The maximum Gasteiger partial charge on any atom is 0.191 e. The van der Waals surface area contributed by atoms with Gasteiger partial charge in [-0.15, -0.1) is 10.2 Å². The summed E-state index contributed by atoms with van der Waals surface area (Å²) in [6.07, 6.45) is -0.220. The Balaban J connectivity index is 1.71. The van der Waals surface area contributed by atoms with Crippen LogP contribution in [0.25, 0.3) is 0 Å². The fourth-order valence-electron chi connectivity index (χ4n) is 2.66. The first kappa shape index (κ1) is 20.1. The van der Waals surface area contributed by atoms with E-state index in [1.165, 1.54) is 11.1 Å². The normalized spacial score (nSPS) is 12.2. The van der Waals surface area contributed by atoms with Crippen molar-refractivity contribution in [2.75, 3.05) is 0 Å². The smallest absolute Gasteiger partial charge is 0.191 e. The lowest BCUT2D eigenvalue weighted by Crippen LogP contribution is -2.10. The minimum Gasteiger partial charge on any atom is -0.483 e. The number of rotatable bonds is 6. The molecule has 0 aliphatic heterocycles. The summed E-state index contributed by atoms with van der Waals surface area (Å²) < 4.78 is 8.00. The highest BCUT2D eigenvalue weighted by molar-refractivity contribution is 7.98. The second-order valence-corrected chi connectivity index (χ2v) is 8.15. The third-order valence-electron chi connectivity index (χ3n) is 4.43. The SMILES string of the molecule is Cc1ccc(OC(C)c2nnc(SCc3c(Cl)cccc3Cl)n2C)cc1C. The zero-order valence-corrected chi connectivity index (χ0v) is 18.0. The zero-order chi connectivity index (χ0) is 19.6. The van der Waals surface area contributed by atoms with E-state index in [9.17, 15) is 0 Å². The number of halogens is 2. The zero-order valence-electron chi connectivity index (χ0n) is 15.7. The van der Waals surface area contributed by atoms with Crippen LogP contribution in [0.4, 0.5) is 0 Å². The summed E-state index contributed by atoms with van der Waals surface area (Å²) >= 11 is 14.0. The summed E-state index contributed by atoms with van der Waals surface area (Å²) in [5, 5.41) is 10.7.